The van der Waals surface area contributed by atoms with Gasteiger partial charge in [-0.3, -0.25) is 4.57 Å². The van der Waals surface area contributed by atoms with Crippen molar-refractivity contribution in [2.45, 2.75) is 18.7 Å². The number of hydrogen-bond acceptors (Lipinski definition) is 4. The number of rotatable bonds is 6. The summed E-state index contributed by atoms with van der Waals surface area (Å²) in [6.07, 6.45) is -0.811. The average Bonchev–Trinajstić information content (AvgIpc) is 2.02. The van der Waals surface area contributed by atoms with Gasteiger partial charge in [0.2, 0.25) is 0 Å². The quantitative estimate of drug-likeness (QED) is 0.465. The molecule has 0 rings (SSSR count). The van der Waals surface area contributed by atoms with Gasteiger partial charge in [0, 0.05) is 11.5 Å². The molecule has 0 amide bonds. The van der Waals surface area contributed by atoms with E-state index in [0.29, 0.717) is 5.75 Å². The lowest BCUT2D eigenvalue weighted by molar-refractivity contribution is 0.113. The number of aliphatic hydroxyl groups is 2. The first-order chi connectivity index (χ1) is 5.88. The third-order valence-corrected chi connectivity index (χ3v) is 4.39. The first kappa shape index (κ1) is 13.4. The molecule has 0 aliphatic carbocycles. The summed E-state index contributed by atoms with van der Waals surface area (Å²) in [7, 11) is -3.99. The van der Waals surface area contributed by atoms with Crippen LogP contribution in [-0.4, -0.2) is 49.9 Å². The van der Waals surface area contributed by atoms with Crippen molar-refractivity contribution in [3.05, 3.63) is 0 Å². The van der Waals surface area contributed by atoms with Crippen LogP contribution in [0.4, 0.5) is 0 Å². The first-order valence-corrected chi connectivity index (χ1v) is 6.63. The van der Waals surface area contributed by atoms with Crippen molar-refractivity contribution in [3.8, 4) is 0 Å². The lowest BCUT2D eigenvalue weighted by Crippen LogP contribution is -2.16. The smallest absolute Gasteiger partial charge is 0.329 e. The predicted molar refractivity (Wildman–Crippen MR) is 51.9 cm³/mol. The summed E-state index contributed by atoms with van der Waals surface area (Å²) in [6, 6.07) is 0. The van der Waals surface area contributed by atoms with E-state index in [1.165, 1.54) is 18.7 Å². The maximum atomic E-state index is 10.6. The maximum absolute atomic E-state index is 10.6. The van der Waals surface area contributed by atoms with Gasteiger partial charge in [-0.15, -0.1) is 0 Å². The molecule has 0 aliphatic rings. The van der Waals surface area contributed by atoms with Crippen molar-refractivity contribution in [1.82, 2.24) is 0 Å². The average molecular weight is 230 g/mol. The van der Waals surface area contributed by atoms with Crippen LogP contribution in [0.2, 0.25) is 0 Å². The molecule has 0 aliphatic heterocycles. The standard InChI is InChI=1S/C6H15O5PS/c1-5(12(9,10)11)3-13-4-6(8)2-7/h5-8H,2-4H2,1H3,(H2,9,10,11). The van der Waals surface area contributed by atoms with E-state index in [0.717, 1.165) is 0 Å². The van der Waals surface area contributed by atoms with E-state index in [1.807, 2.05) is 0 Å². The molecule has 2 atom stereocenters. The fraction of sp³-hybridized carbons (Fsp3) is 1.00. The molecule has 0 spiro atoms. The number of aliphatic hydroxyl groups excluding tert-OH is 2. The van der Waals surface area contributed by atoms with Crippen molar-refractivity contribution in [1.29, 1.82) is 0 Å². The largest absolute Gasteiger partial charge is 0.394 e. The van der Waals surface area contributed by atoms with Crippen molar-refractivity contribution < 1.29 is 24.6 Å². The fourth-order valence-corrected chi connectivity index (χ4v) is 2.47. The van der Waals surface area contributed by atoms with Crippen molar-refractivity contribution in [2.24, 2.45) is 0 Å². The summed E-state index contributed by atoms with van der Waals surface area (Å²) < 4.78 is 10.6. The predicted octanol–water partition coefficient (Wildman–Crippen LogP) is -0.361. The third-order valence-electron chi connectivity index (χ3n) is 1.45. The van der Waals surface area contributed by atoms with Crippen LogP contribution in [0.1, 0.15) is 6.92 Å². The highest BCUT2D eigenvalue weighted by Gasteiger charge is 2.23. The van der Waals surface area contributed by atoms with E-state index in [4.69, 9.17) is 20.0 Å². The van der Waals surface area contributed by atoms with E-state index < -0.39 is 19.4 Å². The normalized spacial score (nSPS) is 17.0. The summed E-state index contributed by atoms with van der Waals surface area (Å²) in [5.74, 6) is 0.572. The summed E-state index contributed by atoms with van der Waals surface area (Å²) >= 11 is 1.22. The lowest BCUT2D eigenvalue weighted by atomic mass is 10.4. The number of hydrogen-bond donors (Lipinski definition) is 4. The zero-order valence-corrected chi connectivity index (χ0v) is 9.04. The molecule has 0 aromatic rings. The molecule has 5 nitrogen and oxygen atoms in total. The summed E-state index contributed by atoms with van der Waals surface area (Å²) in [5, 5.41) is 17.4. The topological polar surface area (TPSA) is 98.0 Å². The second kappa shape index (κ2) is 6.01. The molecule has 0 radical (unpaired) electrons. The van der Waals surface area contributed by atoms with Gasteiger partial charge in [0.1, 0.15) is 0 Å². The Morgan fingerprint density at radius 1 is 1.38 bits per heavy atom. The first-order valence-electron chi connectivity index (χ1n) is 3.79. The van der Waals surface area contributed by atoms with Gasteiger partial charge >= 0.3 is 7.60 Å². The van der Waals surface area contributed by atoms with Gasteiger partial charge in [-0.05, 0) is 0 Å². The molecule has 7 heteroatoms. The Hall–Kier alpha value is 0.420. The highest BCUT2D eigenvalue weighted by molar-refractivity contribution is 7.99. The van der Waals surface area contributed by atoms with Crippen LogP contribution >= 0.6 is 19.4 Å². The van der Waals surface area contributed by atoms with Crippen LogP contribution in [0.15, 0.2) is 0 Å². The monoisotopic (exact) mass is 230 g/mol. The van der Waals surface area contributed by atoms with Crippen molar-refractivity contribution in [3.63, 3.8) is 0 Å². The molecule has 13 heavy (non-hydrogen) atoms. The van der Waals surface area contributed by atoms with Gasteiger partial charge in [-0.2, -0.15) is 11.8 Å². The van der Waals surface area contributed by atoms with Crippen LogP contribution in [0, 0.1) is 0 Å². The van der Waals surface area contributed by atoms with Crippen LogP contribution in [0.5, 0.6) is 0 Å². The molecule has 0 saturated heterocycles. The fourth-order valence-electron chi connectivity index (χ4n) is 0.524. The molecule has 0 bridgehead atoms. The lowest BCUT2D eigenvalue weighted by Gasteiger charge is -2.13. The maximum Gasteiger partial charge on any atom is 0.329 e. The summed E-state index contributed by atoms with van der Waals surface area (Å²) in [6.45, 7) is 1.14. The molecule has 4 N–H and O–H groups in total. The summed E-state index contributed by atoms with van der Waals surface area (Å²) in [4.78, 5) is 17.4. The molecule has 0 fully saturated rings. The van der Waals surface area contributed by atoms with Crippen LogP contribution in [-0.2, 0) is 4.57 Å². The minimum Gasteiger partial charge on any atom is -0.394 e. The van der Waals surface area contributed by atoms with E-state index >= 15 is 0 Å². The molecular formula is C6H15O5PS. The Kier molecular flexibility index (Phi) is 6.20. The zero-order chi connectivity index (χ0) is 10.5. The molecule has 0 heterocycles. The van der Waals surface area contributed by atoms with Crippen LogP contribution < -0.4 is 0 Å². The minimum atomic E-state index is -3.99. The Bertz CT molecular complexity index is 182. The van der Waals surface area contributed by atoms with Crippen molar-refractivity contribution >= 4 is 19.4 Å². The molecule has 0 saturated carbocycles. The van der Waals surface area contributed by atoms with Crippen LogP contribution in [0.3, 0.4) is 0 Å². The van der Waals surface area contributed by atoms with Gasteiger partial charge in [0.05, 0.1) is 18.4 Å². The molecule has 2 unspecified atom stereocenters. The van der Waals surface area contributed by atoms with E-state index in [2.05, 4.69) is 0 Å². The van der Waals surface area contributed by atoms with Gasteiger partial charge < -0.3 is 20.0 Å². The SMILES string of the molecule is CC(CSCC(O)CO)P(=O)(O)O. The second-order valence-electron chi connectivity index (χ2n) is 2.81. The Balaban J connectivity index is 3.60. The van der Waals surface area contributed by atoms with Gasteiger partial charge in [-0.1, -0.05) is 6.92 Å². The highest BCUT2D eigenvalue weighted by atomic mass is 32.2. The van der Waals surface area contributed by atoms with Gasteiger partial charge in [-0.25, -0.2) is 0 Å². The van der Waals surface area contributed by atoms with E-state index in [9.17, 15) is 4.57 Å². The van der Waals surface area contributed by atoms with Gasteiger partial charge in [0.25, 0.3) is 0 Å². The Morgan fingerprint density at radius 3 is 2.31 bits per heavy atom. The molecule has 0 aromatic carbocycles. The Morgan fingerprint density at radius 2 is 1.92 bits per heavy atom. The van der Waals surface area contributed by atoms with E-state index in [1.54, 1.807) is 0 Å². The van der Waals surface area contributed by atoms with E-state index in [-0.39, 0.29) is 12.4 Å². The van der Waals surface area contributed by atoms with Crippen molar-refractivity contribution in [2.75, 3.05) is 18.1 Å². The summed E-state index contributed by atoms with van der Waals surface area (Å²) in [5.41, 5.74) is -0.705. The minimum absolute atomic E-state index is 0.279. The highest BCUT2D eigenvalue weighted by Crippen LogP contribution is 2.42. The molecule has 80 valence electrons. The second-order valence-corrected chi connectivity index (χ2v) is 5.95. The zero-order valence-electron chi connectivity index (χ0n) is 7.33. The third kappa shape index (κ3) is 6.49. The van der Waals surface area contributed by atoms with Crippen LogP contribution in [0.25, 0.3) is 0 Å². The molecule has 0 aromatic heterocycles. The number of thioether (sulfide) groups is 1. The molecular weight excluding hydrogens is 215 g/mol. The van der Waals surface area contributed by atoms with Gasteiger partial charge in [0.15, 0.2) is 0 Å². The Labute approximate surface area is 81.3 Å².